The van der Waals surface area contributed by atoms with E-state index < -0.39 is 0 Å². The lowest BCUT2D eigenvalue weighted by Gasteiger charge is -2.14. The lowest BCUT2D eigenvalue weighted by atomic mass is 10.0. The van der Waals surface area contributed by atoms with Crippen LogP contribution in [0.25, 0.3) is 0 Å². The Kier molecular flexibility index (Phi) is 7.70. The molecule has 0 N–H and O–H groups in total. The van der Waals surface area contributed by atoms with Crippen LogP contribution >= 0.6 is 22.6 Å². The van der Waals surface area contributed by atoms with Crippen LogP contribution in [0.2, 0.25) is 0 Å². The zero-order valence-electron chi connectivity index (χ0n) is 14.1. The van der Waals surface area contributed by atoms with Gasteiger partial charge in [0, 0.05) is 13.3 Å². The number of rotatable bonds is 8. The topological polar surface area (TPSA) is 63.8 Å². The minimum absolute atomic E-state index is 0.149. The molecular formula is C19H19IN2O3. The SMILES string of the molecule is COCOc1c(I)cc(CC(C#N)C=Nc2ccccc2)cc1OC. The number of methoxy groups -OCH3 is 2. The number of aliphatic imine (C=N–C) groups is 1. The average Bonchev–Trinajstić information content (AvgIpc) is 2.64. The van der Waals surface area contributed by atoms with E-state index in [1.165, 1.54) is 0 Å². The summed E-state index contributed by atoms with van der Waals surface area (Å²) in [5, 5.41) is 9.42. The second-order valence-corrected chi connectivity index (χ2v) is 6.38. The fourth-order valence-corrected chi connectivity index (χ4v) is 3.05. The molecule has 0 amide bonds. The first-order chi connectivity index (χ1) is 12.2. The van der Waals surface area contributed by atoms with E-state index in [9.17, 15) is 5.26 Å². The van der Waals surface area contributed by atoms with E-state index in [1.54, 1.807) is 20.4 Å². The summed E-state index contributed by atoms with van der Waals surface area (Å²) in [5.74, 6) is 0.933. The molecule has 1 atom stereocenters. The molecule has 5 nitrogen and oxygen atoms in total. The molecule has 2 aromatic carbocycles. The number of hydrogen-bond acceptors (Lipinski definition) is 5. The monoisotopic (exact) mass is 450 g/mol. The Morgan fingerprint density at radius 3 is 2.64 bits per heavy atom. The zero-order valence-corrected chi connectivity index (χ0v) is 16.3. The van der Waals surface area contributed by atoms with Crippen molar-refractivity contribution >= 4 is 34.5 Å². The van der Waals surface area contributed by atoms with Crippen molar-refractivity contribution in [3.63, 3.8) is 0 Å². The average molecular weight is 450 g/mol. The maximum Gasteiger partial charge on any atom is 0.188 e. The number of nitriles is 1. The second-order valence-electron chi connectivity index (χ2n) is 5.21. The van der Waals surface area contributed by atoms with Gasteiger partial charge in [0.25, 0.3) is 0 Å². The Labute approximate surface area is 161 Å². The summed E-state index contributed by atoms with van der Waals surface area (Å²) in [6.07, 6.45) is 2.23. The van der Waals surface area contributed by atoms with E-state index in [0.29, 0.717) is 17.9 Å². The van der Waals surface area contributed by atoms with E-state index >= 15 is 0 Å². The molecule has 1 unspecified atom stereocenters. The molecule has 0 bridgehead atoms. The van der Waals surface area contributed by atoms with Gasteiger partial charge < -0.3 is 14.2 Å². The van der Waals surface area contributed by atoms with Crippen LogP contribution in [0.5, 0.6) is 11.5 Å². The highest BCUT2D eigenvalue weighted by Crippen LogP contribution is 2.34. The zero-order chi connectivity index (χ0) is 18.1. The molecule has 0 radical (unpaired) electrons. The van der Waals surface area contributed by atoms with Crippen LogP contribution in [-0.4, -0.2) is 27.2 Å². The van der Waals surface area contributed by atoms with Crippen molar-refractivity contribution in [1.82, 2.24) is 0 Å². The lowest BCUT2D eigenvalue weighted by molar-refractivity contribution is 0.0485. The summed E-state index contributed by atoms with van der Waals surface area (Å²) in [5.41, 5.74) is 1.82. The Morgan fingerprint density at radius 1 is 1.24 bits per heavy atom. The minimum atomic E-state index is -0.327. The summed E-state index contributed by atoms with van der Waals surface area (Å²) >= 11 is 2.19. The standard InChI is InChI=1S/C19H19IN2O3/c1-23-13-25-19-17(20)9-14(10-18(19)24-2)8-15(11-21)12-22-16-6-4-3-5-7-16/h3-7,9-10,12,15H,8,13H2,1-2H3. The first-order valence-electron chi connectivity index (χ1n) is 7.65. The number of nitrogens with zero attached hydrogens (tertiary/aromatic N) is 2. The van der Waals surface area contributed by atoms with Gasteiger partial charge in [-0.1, -0.05) is 18.2 Å². The van der Waals surface area contributed by atoms with Gasteiger partial charge in [-0.15, -0.1) is 0 Å². The van der Waals surface area contributed by atoms with E-state index in [-0.39, 0.29) is 12.7 Å². The number of hydrogen-bond donors (Lipinski definition) is 0. The van der Waals surface area contributed by atoms with Crippen molar-refractivity contribution < 1.29 is 14.2 Å². The van der Waals surface area contributed by atoms with Crippen molar-refractivity contribution in [2.75, 3.05) is 21.0 Å². The predicted octanol–water partition coefficient (Wildman–Crippen LogP) is 4.37. The van der Waals surface area contributed by atoms with Crippen LogP contribution in [0.15, 0.2) is 47.5 Å². The Bertz CT molecular complexity index is 757. The van der Waals surface area contributed by atoms with E-state index in [4.69, 9.17) is 14.2 Å². The van der Waals surface area contributed by atoms with Crippen molar-refractivity contribution in [3.05, 3.63) is 51.6 Å². The smallest absolute Gasteiger partial charge is 0.188 e. The number of ether oxygens (including phenoxy) is 3. The molecule has 0 aliphatic rings. The summed E-state index contributed by atoms with van der Waals surface area (Å²) in [6.45, 7) is 0.149. The molecule has 0 saturated heterocycles. The van der Waals surface area contributed by atoms with Crippen LogP contribution in [0, 0.1) is 20.8 Å². The Balaban J connectivity index is 2.16. The third-order valence-corrected chi connectivity index (χ3v) is 4.19. The maximum absolute atomic E-state index is 9.42. The molecule has 0 aliphatic heterocycles. The Morgan fingerprint density at radius 2 is 2.00 bits per heavy atom. The first kappa shape index (κ1) is 19.2. The van der Waals surface area contributed by atoms with Crippen LogP contribution in [0.1, 0.15) is 5.56 Å². The number of benzene rings is 2. The molecule has 0 saturated carbocycles. The number of halogens is 1. The summed E-state index contributed by atoms with van der Waals surface area (Å²) in [4.78, 5) is 4.37. The third kappa shape index (κ3) is 5.73. The molecule has 0 aliphatic carbocycles. The number of para-hydroxylation sites is 1. The molecule has 130 valence electrons. The van der Waals surface area contributed by atoms with E-state index in [2.05, 4.69) is 33.7 Å². The highest BCUT2D eigenvalue weighted by atomic mass is 127. The van der Waals surface area contributed by atoms with Crippen molar-refractivity contribution in [2.24, 2.45) is 10.9 Å². The van der Waals surface area contributed by atoms with Crippen LogP contribution in [-0.2, 0) is 11.2 Å². The van der Waals surface area contributed by atoms with Gasteiger partial charge >= 0.3 is 0 Å². The van der Waals surface area contributed by atoms with Crippen molar-refractivity contribution in [2.45, 2.75) is 6.42 Å². The van der Waals surface area contributed by atoms with Crippen molar-refractivity contribution in [1.29, 1.82) is 5.26 Å². The van der Waals surface area contributed by atoms with Gasteiger partial charge in [0.05, 0.1) is 28.4 Å². The molecule has 2 aromatic rings. The van der Waals surface area contributed by atoms with Crippen LogP contribution < -0.4 is 9.47 Å². The molecule has 6 heteroatoms. The molecule has 25 heavy (non-hydrogen) atoms. The van der Waals surface area contributed by atoms with E-state index in [0.717, 1.165) is 14.8 Å². The molecule has 0 heterocycles. The van der Waals surface area contributed by atoms with Crippen LogP contribution in [0.4, 0.5) is 5.69 Å². The van der Waals surface area contributed by atoms with Crippen molar-refractivity contribution in [3.8, 4) is 17.6 Å². The summed E-state index contributed by atoms with van der Waals surface area (Å²) in [7, 11) is 3.16. The third-order valence-electron chi connectivity index (χ3n) is 3.39. The molecular weight excluding hydrogens is 431 g/mol. The van der Waals surface area contributed by atoms with Gasteiger partial charge in [-0.25, -0.2) is 0 Å². The fourth-order valence-electron chi connectivity index (χ4n) is 2.22. The quantitative estimate of drug-likeness (QED) is 0.341. The lowest BCUT2D eigenvalue weighted by Crippen LogP contribution is -2.06. The predicted molar refractivity (Wildman–Crippen MR) is 106 cm³/mol. The molecule has 0 aromatic heterocycles. The van der Waals surface area contributed by atoms with Gasteiger partial charge in [-0.05, 0) is 58.8 Å². The largest absolute Gasteiger partial charge is 0.493 e. The Hall–Kier alpha value is -2.11. The summed E-state index contributed by atoms with van der Waals surface area (Å²) < 4.78 is 16.8. The normalized spacial score (nSPS) is 11.9. The van der Waals surface area contributed by atoms with Gasteiger partial charge in [0.2, 0.25) is 0 Å². The molecule has 0 fully saturated rings. The van der Waals surface area contributed by atoms with Crippen LogP contribution in [0.3, 0.4) is 0 Å². The van der Waals surface area contributed by atoms with Gasteiger partial charge in [0.15, 0.2) is 18.3 Å². The first-order valence-corrected chi connectivity index (χ1v) is 8.72. The molecule has 2 rings (SSSR count). The molecule has 0 spiro atoms. The highest BCUT2D eigenvalue weighted by molar-refractivity contribution is 14.1. The second kappa shape index (κ2) is 10.0. The minimum Gasteiger partial charge on any atom is -0.493 e. The van der Waals surface area contributed by atoms with Gasteiger partial charge in [-0.3, -0.25) is 4.99 Å². The fraction of sp³-hybridized carbons (Fsp3) is 0.263. The van der Waals surface area contributed by atoms with Gasteiger partial charge in [-0.2, -0.15) is 5.26 Å². The highest BCUT2D eigenvalue weighted by Gasteiger charge is 2.14. The maximum atomic E-state index is 9.42. The van der Waals surface area contributed by atoms with Gasteiger partial charge in [0.1, 0.15) is 0 Å². The van der Waals surface area contributed by atoms with E-state index in [1.807, 2.05) is 42.5 Å². The summed E-state index contributed by atoms with van der Waals surface area (Å²) in [6, 6.07) is 15.7.